The van der Waals surface area contributed by atoms with Crippen LogP contribution in [0.25, 0.3) is 0 Å². The molecule has 1 N–H and O–H groups in total. The van der Waals surface area contributed by atoms with Gasteiger partial charge in [-0.15, -0.1) is 0 Å². The molecule has 104 valence electrons. The highest BCUT2D eigenvalue weighted by atomic mass is 16.5. The highest BCUT2D eigenvalue weighted by Gasteiger charge is 2.43. The first-order valence-corrected chi connectivity index (χ1v) is 7.13. The number of nitrogens with zero attached hydrogens (tertiary/aromatic N) is 1. The van der Waals surface area contributed by atoms with E-state index in [1.165, 1.54) is 6.42 Å². The van der Waals surface area contributed by atoms with E-state index in [4.69, 9.17) is 4.74 Å². The number of fused-ring (bicyclic) bond motifs is 2. The molecule has 0 spiro atoms. The van der Waals surface area contributed by atoms with E-state index >= 15 is 0 Å². The van der Waals surface area contributed by atoms with Crippen LogP contribution in [0.3, 0.4) is 0 Å². The molecule has 3 saturated heterocycles. The normalized spacial score (nSPS) is 29.2. The van der Waals surface area contributed by atoms with Gasteiger partial charge in [0.2, 0.25) is 5.91 Å². The lowest BCUT2D eigenvalue weighted by Crippen LogP contribution is -2.66. The molecule has 3 atom stereocenters. The summed E-state index contributed by atoms with van der Waals surface area (Å²) in [5, 5.41) is 3.18. The quantitative estimate of drug-likeness (QED) is 0.803. The Labute approximate surface area is 110 Å². The Morgan fingerprint density at radius 1 is 1.28 bits per heavy atom. The third-order valence-electron chi connectivity index (χ3n) is 4.17. The number of carbonyl (C=O) groups excluding carboxylic acids is 1. The SMILES string of the molecule is CC(C)C(=O)N[C@@H](CN1[C@@H]2COC[C@H]1C2)C(C)C. The fourth-order valence-electron chi connectivity index (χ4n) is 2.71. The number of hydrogen-bond donors (Lipinski definition) is 1. The predicted molar refractivity (Wildman–Crippen MR) is 71.3 cm³/mol. The molecule has 0 aromatic heterocycles. The van der Waals surface area contributed by atoms with Crippen LogP contribution in [-0.2, 0) is 9.53 Å². The van der Waals surface area contributed by atoms with Crippen molar-refractivity contribution < 1.29 is 9.53 Å². The van der Waals surface area contributed by atoms with Gasteiger partial charge in [-0.05, 0) is 12.3 Å². The van der Waals surface area contributed by atoms with E-state index in [1.54, 1.807) is 0 Å². The van der Waals surface area contributed by atoms with Crippen molar-refractivity contribution in [2.45, 2.75) is 52.2 Å². The summed E-state index contributed by atoms with van der Waals surface area (Å²) < 4.78 is 5.49. The van der Waals surface area contributed by atoms with Gasteiger partial charge in [-0.2, -0.15) is 0 Å². The lowest BCUT2D eigenvalue weighted by molar-refractivity contribution is -0.135. The molecular formula is C14H26N2O2. The first kappa shape index (κ1) is 13.8. The zero-order valence-corrected chi connectivity index (χ0v) is 12.0. The molecule has 3 rings (SSSR count). The zero-order valence-electron chi connectivity index (χ0n) is 12.0. The van der Waals surface area contributed by atoms with Crippen molar-refractivity contribution in [3.63, 3.8) is 0 Å². The molecule has 0 aliphatic carbocycles. The number of ether oxygens (including phenoxy) is 1. The highest BCUT2D eigenvalue weighted by Crippen LogP contribution is 2.31. The summed E-state index contributed by atoms with van der Waals surface area (Å²) in [6.45, 7) is 10.9. The number of amides is 1. The smallest absolute Gasteiger partial charge is 0.222 e. The Balaban J connectivity index is 1.88. The number of rotatable bonds is 5. The summed E-state index contributed by atoms with van der Waals surface area (Å²) in [5.74, 6) is 0.691. The first-order chi connectivity index (χ1) is 8.49. The van der Waals surface area contributed by atoms with Gasteiger partial charge in [0.15, 0.2) is 0 Å². The van der Waals surface area contributed by atoms with Gasteiger partial charge in [0.1, 0.15) is 0 Å². The Morgan fingerprint density at radius 2 is 1.89 bits per heavy atom. The molecule has 4 nitrogen and oxygen atoms in total. The van der Waals surface area contributed by atoms with E-state index in [0.717, 1.165) is 19.8 Å². The molecule has 0 aromatic rings. The van der Waals surface area contributed by atoms with Gasteiger partial charge in [0, 0.05) is 30.6 Å². The largest absolute Gasteiger partial charge is 0.378 e. The number of hydrogen-bond acceptors (Lipinski definition) is 3. The fourth-order valence-corrected chi connectivity index (χ4v) is 2.71. The van der Waals surface area contributed by atoms with E-state index in [2.05, 4.69) is 24.1 Å². The number of morpholine rings is 1. The topological polar surface area (TPSA) is 41.6 Å². The molecule has 3 aliphatic heterocycles. The molecule has 4 heteroatoms. The standard InChI is InChI=1S/C14H26N2O2/c1-9(2)13(15-14(17)10(3)4)6-16-11-5-12(16)8-18-7-11/h9-13H,5-8H2,1-4H3,(H,15,17)/t11-,12+,13-/m0/s1. The van der Waals surface area contributed by atoms with Crippen molar-refractivity contribution in [3.8, 4) is 0 Å². The molecule has 2 bridgehead atoms. The molecule has 18 heavy (non-hydrogen) atoms. The highest BCUT2D eigenvalue weighted by molar-refractivity contribution is 5.78. The van der Waals surface area contributed by atoms with Crippen LogP contribution in [0.5, 0.6) is 0 Å². The second kappa shape index (κ2) is 5.57. The van der Waals surface area contributed by atoms with Crippen LogP contribution >= 0.6 is 0 Å². The second-order valence-electron chi connectivity index (χ2n) is 6.29. The number of carbonyl (C=O) groups is 1. The third-order valence-corrected chi connectivity index (χ3v) is 4.17. The molecular weight excluding hydrogens is 228 g/mol. The van der Waals surface area contributed by atoms with Crippen molar-refractivity contribution >= 4 is 5.91 Å². The minimum absolute atomic E-state index is 0.0606. The maximum atomic E-state index is 11.8. The Bertz CT molecular complexity index is 290. The molecule has 0 radical (unpaired) electrons. The zero-order chi connectivity index (χ0) is 13.3. The fraction of sp³-hybridized carbons (Fsp3) is 0.929. The van der Waals surface area contributed by atoms with E-state index in [0.29, 0.717) is 18.0 Å². The van der Waals surface area contributed by atoms with Gasteiger partial charge in [-0.1, -0.05) is 27.7 Å². The first-order valence-electron chi connectivity index (χ1n) is 7.13. The number of nitrogens with one attached hydrogen (secondary N) is 1. The monoisotopic (exact) mass is 254 g/mol. The average molecular weight is 254 g/mol. The molecule has 3 heterocycles. The van der Waals surface area contributed by atoms with Gasteiger partial charge >= 0.3 is 0 Å². The Morgan fingerprint density at radius 3 is 2.33 bits per heavy atom. The summed E-state index contributed by atoms with van der Waals surface area (Å²) in [6, 6.07) is 1.42. The van der Waals surface area contributed by atoms with Crippen molar-refractivity contribution in [2.24, 2.45) is 11.8 Å². The van der Waals surface area contributed by atoms with Crippen molar-refractivity contribution in [3.05, 3.63) is 0 Å². The van der Waals surface area contributed by atoms with Crippen LogP contribution in [0.4, 0.5) is 0 Å². The summed E-state index contributed by atoms with van der Waals surface area (Å²) in [5.41, 5.74) is 0. The molecule has 0 unspecified atom stereocenters. The van der Waals surface area contributed by atoms with Crippen LogP contribution in [0.15, 0.2) is 0 Å². The lowest BCUT2D eigenvalue weighted by atomic mass is 9.89. The van der Waals surface area contributed by atoms with Crippen LogP contribution in [0, 0.1) is 11.8 Å². The molecule has 1 amide bonds. The maximum absolute atomic E-state index is 11.8. The van der Waals surface area contributed by atoms with Crippen molar-refractivity contribution in [2.75, 3.05) is 19.8 Å². The van der Waals surface area contributed by atoms with Crippen molar-refractivity contribution in [1.29, 1.82) is 0 Å². The lowest BCUT2D eigenvalue weighted by Gasteiger charge is -2.53. The molecule has 0 saturated carbocycles. The Hall–Kier alpha value is -0.610. The molecule has 0 aromatic carbocycles. The summed E-state index contributed by atoms with van der Waals surface area (Å²) in [6.07, 6.45) is 1.27. The van der Waals surface area contributed by atoms with E-state index in [-0.39, 0.29) is 17.9 Å². The minimum atomic E-state index is 0.0606. The van der Waals surface area contributed by atoms with E-state index in [1.807, 2.05) is 13.8 Å². The second-order valence-corrected chi connectivity index (χ2v) is 6.29. The van der Waals surface area contributed by atoms with E-state index in [9.17, 15) is 4.79 Å². The van der Waals surface area contributed by atoms with Gasteiger partial charge in [0.25, 0.3) is 0 Å². The average Bonchev–Trinajstić information content (AvgIpc) is 2.34. The van der Waals surface area contributed by atoms with Gasteiger partial charge in [0.05, 0.1) is 13.2 Å². The third kappa shape index (κ3) is 2.86. The summed E-state index contributed by atoms with van der Waals surface area (Å²) in [7, 11) is 0. The van der Waals surface area contributed by atoms with Crippen LogP contribution in [0.1, 0.15) is 34.1 Å². The van der Waals surface area contributed by atoms with E-state index < -0.39 is 0 Å². The predicted octanol–water partition coefficient (Wildman–Crippen LogP) is 1.26. The van der Waals surface area contributed by atoms with Crippen molar-refractivity contribution in [1.82, 2.24) is 10.2 Å². The van der Waals surface area contributed by atoms with Crippen LogP contribution in [-0.4, -0.2) is 48.7 Å². The Kier molecular flexibility index (Phi) is 4.28. The van der Waals surface area contributed by atoms with Gasteiger partial charge in [-0.25, -0.2) is 0 Å². The minimum Gasteiger partial charge on any atom is -0.378 e. The molecule has 3 fully saturated rings. The van der Waals surface area contributed by atoms with Gasteiger partial charge in [-0.3, -0.25) is 9.69 Å². The van der Waals surface area contributed by atoms with Crippen LogP contribution in [0.2, 0.25) is 0 Å². The summed E-state index contributed by atoms with van der Waals surface area (Å²) >= 11 is 0. The summed E-state index contributed by atoms with van der Waals surface area (Å²) in [4.78, 5) is 14.3. The molecule has 3 aliphatic rings. The van der Waals surface area contributed by atoms with Gasteiger partial charge < -0.3 is 10.1 Å². The maximum Gasteiger partial charge on any atom is 0.222 e. The van der Waals surface area contributed by atoms with Crippen LogP contribution < -0.4 is 5.32 Å².